The minimum Gasteiger partial charge on any atom is -0.352 e. The van der Waals surface area contributed by atoms with Gasteiger partial charge in [-0.25, -0.2) is 4.79 Å². The second-order valence-electron chi connectivity index (χ2n) is 6.61. The zero-order valence-electron chi connectivity index (χ0n) is 14.1. The van der Waals surface area contributed by atoms with Gasteiger partial charge in [-0.3, -0.25) is 14.5 Å². The number of urea groups is 1. The highest BCUT2D eigenvalue weighted by atomic mass is 16.2. The van der Waals surface area contributed by atoms with Crippen molar-refractivity contribution < 1.29 is 14.4 Å². The predicted molar refractivity (Wildman–Crippen MR) is 89.2 cm³/mol. The van der Waals surface area contributed by atoms with Gasteiger partial charge in [0.05, 0.1) is 0 Å². The van der Waals surface area contributed by atoms with Crippen LogP contribution in [0.4, 0.5) is 4.79 Å². The molecule has 1 saturated heterocycles. The van der Waals surface area contributed by atoms with Gasteiger partial charge in [-0.05, 0) is 43.7 Å². The van der Waals surface area contributed by atoms with Crippen molar-refractivity contribution in [3.05, 3.63) is 35.4 Å². The molecule has 1 aliphatic heterocycles. The molecule has 0 unspecified atom stereocenters. The minimum atomic E-state index is -1.01. The lowest BCUT2D eigenvalue weighted by Crippen LogP contribution is -2.47. The highest BCUT2D eigenvalue weighted by Gasteiger charge is 2.54. The van der Waals surface area contributed by atoms with E-state index in [1.54, 1.807) is 0 Å². The molecule has 2 aliphatic rings. The summed E-state index contributed by atoms with van der Waals surface area (Å²) in [6, 6.07) is 7.24. The number of fused-ring (bicyclic) bond motifs is 2. The molecule has 0 aromatic heterocycles. The maximum absolute atomic E-state index is 13.0. The lowest BCUT2D eigenvalue weighted by Gasteiger charge is -2.33. The van der Waals surface area contributed by atoms with Gasteiger partial charge in [0.15, 0.2) is 0 Å². The molecular formula is C18H23N3O3. The van der Waals surface area contributed by atoms with Gasteiger partial charge in [-0.1, -0.05) is 31.2 Å². The summed E-state index contributed by atoms with van der Waals surface area (Å²) >= 11 is 0. The first-order valence-electron chi connectivity index (χ1n) is 8.50. The van der Waals surface area contributed by atoms with Gasteiger partial charge in [0.1, 0.15) is 12.1 Å². The summed E-state index contributed by atoms with van der Waals surface area (Å²) in [5.74, 6) is -0.632. The molecule has 3 rings (SSSR count). The summed E-state index contributed by atoms with van der Waals surface area (Å²) in [6.07, 6.45) is 3.09. The van der Waals surface area contributed by atoms with Crippen molar-refractivity contribution in [2.75, 3.05) is 6.54 Å². The Hall–Kier alpha value is -2.37. The van der Waals surface area contributed by atoms with E-state index in [9.17, 15) is 14.4 Å². The summed E-state index contributed by atoms with van der Waals surface area (Å²) in [7, 11) is 0. The Morgan fingerprint density at radius 3 is 2.88 bits per heavy atom. The fourth-order valence-corrected chi connectivity index (χ4v) is 3.52. The quantitative estimate of drug-likeness (QED) is 0.825. The average molecular weight is 329 g/mol. The van der Waals surface area contributed by atoms with Gasteiger partial charge < -0.3 is 10.6 Å². The van der Waals surface area contributed by atoms with Crippen LogP contribution in [0.1, 0.15) is 44.2 Å². The number of nitrogens with one attached hydrogen (secondary N) is 2. The van der Waals surface area contributed by atoms with Crippen molar-refractivity contribution in [1.82, 2.24) is 15.5 Å². The third-order valence-electron chi connectivity index (χ3n) is 4.97. The van der Waals surface area contributed by atoms with Crippen molar-refractivity contribution in [2.24, 2.45) is 0 Å². The van der Waals surface area contributed by atoms with E-state index in [0.29, 0.717) is 6.42 Å². The second-order valence-corrected chi connectivity index (χ2v) is 6.61. The van der Waals surface area contributed by atoms with Crippen LogP contribution in [0.25, 0.3) is 0 Å². The lowest BCUT2D eigenvalue weighted by atomic mass is 9.76. The van der Waals surface area contributed by atoms with E-state index in [1.165, 1.54) is 0 Å². The number of carbonyl (C=O) groups excluding carboxylic acids is 3. The van der Waals surface area contributed by atoms with E-state index in [1.807, 2.05) is 38.1 Å². The minimum absolute atomic E-state index is 0.0163. The average Bonchev–Trinajstić information content (AvgIpc) is 2.80. The second kappa shape index (κ2) is 6.26. The van der Waals surface area contributed by atoms with Crippen LogP contribution in [0.15, 0.2) is 24.3 Å². The predicted octanol–water partition coefficient (Wildman–Crippen LogP) is 1.68. The molecule has 2 N–H and O–H groups in total. The molecule has 24 heavy (non-hydrogen) atoms. The number of hydrogen-bond acceptors (Lipinski definition) is 3. The van der Waals surface area contributed by atoms with Crippen molar-refractivity contribution in [2.45, 2.75) is 51.1 Å². The van der Waals surface area contributed by atoms with Crippen LogP contribution in [-0.2, 0) is 21.5 Å². The number of benzene rings is 1. The topological polar surface area (TPSA) is 78.5 Å². The van der Waals surface area contributed by atoms with Crippen molar-refractivity contribution in [3.63, 3.8) is 0 Å². The number of nitrogens with zero attached hydrogens (tertiary/aromatic N) is 1. The van der Waals surface area contributed by atoms with E-state index in [2.05, 4.69) is 10.6 Å². The molecule has 1 fully saturated rings. The number of aryl methyl sites for hydroxylation is 1. The zero-order valence-corrected chi connectivity index (χ0v) is 14.1. The molecule has 4 amide bonds. The van der Waals surface area contributed by atoms with E-state index < -0.39 is 11.6 Å². The van der Waals surface area contributed by atoms with Crippen LogP contribution in [0.3, 0.4) is 0 Å². The van der Waals surface area contributed by atoms with E-state index in [4.69, 9.17) is 0 Å². The van der Waals surface area contributed by atoms with Crippen LogP contribution in [0.5, 0.6) is 0 Å². The van der Waals surface area contributed by atoms with Gasteiger partial charge in [0, 0.05) is 6.04 Å². The first kappa shape index (κ1) is 16.5. The standard InChI is InChI=1S/C18H23N3O3/c1-3-12(2)19-15(22)11-21-16(23)18(20-17(21)24)10-6-8-13-7-4-5-9-14(13)18/h4-5,7,9,12H,3,6,8,10-11H2,1-2H3,(H,19,22)(H,20,24)/t12-,18+/m1/s1. The van der Waals surface area contributed by atoms with E-state index in [-0.39, 0.29) is 24.4 Å². The molecular weight excluding hydrogens is 306 g/mol. The van der Waals surface area contributed by atoms with Crippen molar-refractivity contribution >= 4 is 17.8 Å². The normalized spacial score (nSPS) is 23.8. The third-order valence-corrected chi connectivity index (χ3v) is 4.97. The Kier molecular flexibility index (Phi) is 4.30. The Balaban J connectivity index is 1.84. The molecule has 1 spiro atoms. The number of hydrogen-bond donors (Lipinski definition) is 2. The van der Waals surface area contributed by atoms with Crippen molar-refractivity contribution in [3.8, 4) is 0 Å². The summed E-state index contributed by atoms with van der Waals surface area (Å²) in [5, 5.41) is 5.65. The lowest BCUT2D eigenvalue weighted by molar-refractivity contribution is -0.135. The molecule has 1 aliphatic carbocycles. The Morgan fingerprint density at radius 1 is 1.38 bits per heavy atom. The maximum Gasteiger partial charge on any atom is 0.325 e. The van der Waals surface area contributed by atoms with Crippen LogP contribution in [0, 0.1) is 0 Å². The van der Waals surface area contributed by atoms with Crippen LogP contribution in [0.2, 0.25) is 0 Å². The third kappa shape index (κ3) is 2.66. The molecule has 0 saturated carbocycles. The summed E-state index contributed by atoms with van der Waals surface area (Å²) in [5.41, 5.74) is 0.936. The number of carbonyl (C=O) groups is 3. The van der Waals surface area contributed by atoms with E-state index in [0.717, 1.165) is 35.3 Å². The fourth-order valence-electron chi connectivity index (χ4n) is 3.52. The molecule has 6 nitrogen and oxygen atoms in total. The van der Waals surface area contributed by atoms with Crippen LogP contribution in [-0.4, -0.2) is 35.3 Å². The molecule has 1 aromatic rings. The summed E-state index contributed by atoms with van der Waals surface area (Å²) in [4.78, 5) is 38.5. The molecule has 6 heteroatoms. The Morgan fingerprint density at radius 2 is 2.12 bits per heavy atom. The highest BCUT2D eigenvalue weighted by Crippen LogP contribution is 2.39. The Bertz CT molecular complexity index is 688. The van der Waals surface area contributed by atoms with Gasteiger partial charge >= 0.3 is 6.03 Å². The smallest absolute Gasteiger partial charge is 0.325 e. The molecule has 1 aromatic carbocycles. The van der Waals surface area contributed by atoms with Gasteiger partial charge in [0.25, 0.3) is 5.91 Å². The number of rotatable bonds is 4. The molecule has 128 valence electrons. The highest BCUT2D eigenvalue weighted by molar-refractivity contribution is 6.09. The number of amides is 4. The first-order chi connectivity index (χ1) is 11.5. The first-order valence-corrected chi connectivity index (χ1v) is 8.50. The summed E-state index contributed by atoms with van der Waals surface area (Å²) in [6.45, 7) is 3.62. The van der Waals surface area contributed by atoms with Crippen LogP contribution < -0.4 is 10.6 Å². The fraction of sp³-hybridized carbons (Fsp3) is 0.500. The molecule has 0 radical (unpaired) electrons. The monoisotopic (exact) mass is 329 g/mol. The largest absolute Gasteiger partial charge is 0.352 e. The SMILES string of the molecule is CC[C@@H](C)NC(=O)CN1C(=O)N[C@]2(CCCc3ccccc32)C1=O. The molecule has 2 atom stereocenters. The van der Waals surface area contributed by atoms with Crippen molar-refractivity contribution in [1.29, 1.82) is 0 Å². The summed E-state index contributed by atoms with van der Waals surface area (Å²) < 4.78 is 0. The van der Waals surface area contributed by atoms with Gasteiger partial charge in [-0.15, -0.1) is 0 Å². The molecule has 0 bridgehead atoms. The van der Waals surface area contributed by atoms with Gasteiger partial charge in [0.2, 0.25) is 5.91 Å². The Labute approximate surface area is 141 Å². The molecule has 1 heterocycles. The van der Waals surface area contributed by atoms with Gasteiger partial charge in [-0.2, -0.15) is 0 Å². The van der Waals surface area contributed by atoms with E-state index >= 15 is 0 Å². The van der Waals surface area contributed by atoms with Crippen LogP contribution >= 0.6 is 0 Å². The maximum atomic E-state index is 13.0. The number of imide groups is 1. The zero-order chi connectivity index (χ0) is 17.3.